The fourth-order valence-corrected chi connectivity index (χ4v) is 3.10. The van der Waals surface area contributed by atoms with Gasteiger partial charge in [0.1, 0.15) is 12.2 Å². The predicted molar refractivity (Wildman–Crippen MR) is 73.6 cm³/mol. The Labute approximate surface area is 122 Å². The molecule has 120 valence electrons. The first-order valence-electron chi connectivity index (χ1n) is 7.49. The van der Waals surface area contributed by atoms with Crippen molar-refractivity contribution < 1.29 is 13.2 Å². The van der Waals surface area contributed by atoms with Gasteiger partial charge in [0.25, 0.3) is 0 Å². The van der Waals surface area contributed by atoms with Crippen molar-refractivity contribution in [1.29, 1.82) is 0 Å². The maximum absolute atomic E-state index is 12.7. The zero-order valence-electron chi connectivity index (χ0n) is 12.5. The summed E-state index contributed by atoms with van der Waals surface area (Å²) in [6.45, 7) is 4.02. The van der Waals surface area contributed by atoms with Crippen molar-refractivity contribution in [3.8, 4) is 0 Å². The molecule has 1 aromatic heterocycles. The van der Waals surface area contributed by atoms with E-state index in [-0.39, 0.29) is 30.8 Å². The first kappa shape index (κ1) is 16.3. The summed E-state index contributed by atoms with van der Waals surface area (Å²) >= 11 is 0. The largest absolute Gasteiger partial charge is 0.391 e. The molecule has 1 aliphatic rings. The molecule has 1 saturated carbocycles. The number of halogens is 3. The smallest absolute Gasteiger partial charge is 0.327 e. The molecule has 0 spiro atoms. The number of aromatic nitrogens is 3. The van der Waals surface area contributed by atoms with E-state index in [4.69, 9.17) is 5.73 Å². The van der Waals surface area contributed by atoms with E-state index in [1.165, 1.54) is 6.33 Å². The number of nitrogens with zero attached hydrogens (tertiary/aromatic N) is 3. The van der Waals surface area contributed by atoms with Crippen molar-refractivity contribution in [1.82, 2.24) is 14.8 Å². The van der Waals surface area contributed by atoms with E-state index >= 15 is 0 Å². The van der Waals surface area contributed by atoms with E-state index in [9.17, 15) is 13.2 Å². The highest BCUT2D eigenvalue weighted by molar-refractivity contribution is 4.93. The molecule has 0 amide bonds. The highest BCUT2D eigenvalue weighted by Gasteiger charge is 2.42. The first-order chi connectivity index (χ1) is 9.79. The Morgan fingerprint density at radius 2 is 1.90 bits per heavy atom. The standard InChI is InChI=1S/C14H23F3N4/c1-9(2)21-13(19-8-20-21)7-12(18)10-3-5-11(6-4-10)14(15,16)17/h8-12H,3-7,18H2,1-2H3. The Balaban J connectivity index is 1.90. The van der Waals surface area contributed by atoms with Crippen molar-refractivity contribution in [2.75, 3.05) is 0 Å². The Hall–Kier alpha value is -1.11. The minimum absolute atomic E-state index is 0.140. The first-order valence-corrected chi connectivity index (χ1v) is 7.49. The molecule has 0 bridgehead atoms. The van der Waals surface area contributed by atoms with Crippen LogP contribution >= 0.6 is 0 Å². The van der Waals surface area contributed by atoms with Crippen LogP contribution in [-0.2, 0) is 6.42 Å². The Morgan fingerprint density at radius 1 is 1.29 bits per heavy atom. The Bertz CT molecular complexity index is 447. The summed E-state index contributed by atoms with van der Waals surface area (Å²) < 4.78 is 39.8. The second-order valence-corrected chi connectivity index (χ2v) is 6.24. The zero-order chi connectivity index (χ0) is 15.6. The molecule has 21 heavy (non-hydrogen) atoms. The van der Waals surface area contributed by atoms with Gasteiger partial charge in [0.2, 0.25) is 0 Å². The van der Waals surface area contributed by atoms with Crippen molar-refractivity contribution in [2.24, 2.45) is 17.6 Å². The van der Waals surface area contributed by atoms with Crippen molar-refractivity contribution in [3.05, 3.63) is 12.2 Å². The molecule has 0 aromatic carbocycles. The van der Waals surface area contributed by atoms with Crippen LogP contribution < -0.4 is 5.73 Å². The molecule has 0 aliphatic heterocycles. The third-order valence-corrected chi connectivity index (χ3v) is 4.39. The quantitative estimate of drug-likeness (QED) is 0.930. The van der Waals surface area contributed by atoms with Crippen LogP contribution in [0, 0.1) is 11.8 Å². The fraction of sp³-hybridized carbons (Fsp3) is 0.857. The predicted octanol–water partition coefficient (Wildman–Crippen LogP) is 3.10. The van der Waals surface area contributed by atoms with Gasteiger partial charge in [-0.3, -0.25) is 0 Å². The van der Waals surface area contributed by atoms with Crippen molar-refractivity contribution >= 4 is 0 Å². The van der Waals surface area contributed by atoms with Gasteiger partial charge in [0.15, 0.2) is 0 Å². The van der Waals surface area contributed by atoms with Crippen LogP contribution in [0.15, 0.2) is 6.33 Å². The molecule has 2 rings (SSSR count). The third-order valence-electron chi connectivity index (χ3n) is 4.39. The molecule has 1 heterocycles. The Kier molecular flexibility index (Phi) is 4.91. The number of hydrogen-bond acceptors (Lipinski definition) is 3. The lowest BCUT2D eigenvalue weighted by Gasteiger charge is -2.33. The van der Waals surface area contributed by atoms with Crippen LogP contribution in [0.4, 0.5) is 13.2 Å². The average Bonchev–Trinajstić information content (AvgIpc) is 2.86. The number of nitrogens with two attached hydrogens (primary N) is 1. The summed E-state index contributed by atoms with van der Waals surface area (Å²) in [7, 11) is 0. The summed E-state index contributed by atoms with van der Waals surface area (Å²) in [6.07, 6.45) is -0.519. The summed E-state index contributed by atoms with van der Waals surface area (Å²) in [5, 5.41) is 4.16. The van der Waals surface area contributed by atoms with Gasteiger partial charge in [0, 0.05) is 18.5 Å². The summed E-state index contributed by atoms with van der Waals surface area (Å²) in [5.74, 6) is -0.198. The van der Waals surface area contributed by atoms with Crippen LogP contribution in [0.2, 0.25) is 0 Å². The third kappa shape index (κ3) is 3.96. The molecule has 7 heteroatoms. The minimum Gasteiger partial charge on any atom is -0.327 e. The highest BCUT2D eigenvalue weighted by atomic mass is 19.4. The van der Waals surface area contributed by atoms with Crippen molar-refractivity contribution in [3.63, 3.8) is 0 Å². The normalized spacial score (nSPS) is 25.3. The molecule has 4 nitrogen and oxygen atoms in total. The van der Waals surface area contributed by atoms with E-state index in [0.717, 1.165) is 5.82 Å². The van der Waals surface area contributed by atoms with E-state index in [2.05, 4.69) is 10.1 Å². The molecular formula is C14H23F3N4. The fourth-order valence-electron chi connectivity index (χ4n) is 3.10. The van der Waals surface area contributed by atoms with Gasteiger partial charge in [-0.05, 0) is 45.4 Å². The monoisotopic (exact) mass is 304 g/mol. The number of hydrogen-bond donors (Lipinski definition) is 1. The molecule has 0 saturated heterocycles. The summed E-state index contributed by atoms with van der Waals surface area (Å²) in [5.41, 5.74) is 6.20. The second kappa shape index (κ2) is 6.34. The molecule has 2 N–H and O–H groups in total. The van der Waals surface area contributed by atoms with E-state index in [1.807, 2.05) is 18.5 Å². The summed E-state index contributed by atoms with van der Waals surface area (Å²) in [6, 6.07) is 0.0524. The Morgan fingerprint density at radius 3 is 2.43 bits per heavy atom. The molecular weight excluding hydrogens is 281 g/mol. The van der Waals surface area contributed by atoms with Crippen molar-refractivity contribution in [2.45, 2.75) is 64.2 Å². The van der Waals surface area contributed by atoms with Gasteiger partial charge in [-0.2, -0.15) is 18.3 Å². The SMILES string of the molecule is CC(C)n1ncnc1CC(N)C1CCC(C(F)(F)F)CC1. The average molecular weight is 304 g/mol. The topological polar surface area (TPSA) is 56.7 Å². The van der Waals surface area contributed by atoms with Crippen LogP contribution in [0.25, 0.3) is 0 Å². The van der Waals surface area contributed by atoms with Gasteiger partial charge in [0.05, 0.1) is 5.92 Å². The zero-order valence-corrected chi connectivity index (χ0v) is 12.5. The lowest BCUT2D eigenvalue weighted by atomic mass is 9.77. The maximum Gasteiger partial charge on any atom is 0.391 e. The molecule has 1 fully saturated rings. The van der Waals surface area contributed by atoms with Gasteiger partial charge >= 0.3 is 6.18 Å². The van der Waals surface area contributed by atoms with Crippen LogP contribution in [-0.4, -0.2) is 27.0 Å². The van der Waals surface area contributed by atoms with Crippen LogP contribution in [0.3, 0.4) is 0 Å². The van der Waals surface area contributed by atoms with E-state index in [0.29, 0.717) is 19.3 Å². The highest BCUT2D eigenvalue weighted by Crippen LogP contribution is 2.40. The molecule has 1 unspecified atom stereocenters. The van der Waals surface area contributed by atoms with Gasteiger partial charge in [-0.1, -0.05) is 0 Å². The molecule has 1 aliphatic carbocycles. The molecule has 0 radical (unpaired) electrons. The van der Waals surface area contributed by atoms with Crippen LogP contribution in [0.1, 0.15) is 51.4 Å². The van der Waals surface area contributed by atoms with Gasteiger partial charge in [-0.25, -0.2) is 9.67 Å². The minimum atomic E-state index is -4.06. The second-order valence-electron chi connectivity index (χ2n) is 6.24. The number of alkyl halides is 3. The maximum atomic E-state index is 12.7. The summed E-state index contributed by atoms with van der Waals surface area (Å²) in [4.78, 5) is 4.22. The van der Waals surface area contributed by atoms with E-state index < -0.39 is 12.1 Å². The van der Waals surface area contributed by atoms with Crippen LogP contribution in [0.5, 0.6) is 0 Å². The lowest BCUT2D eigenvalue weighted by Crippen LogP contribution is -2.38. The lowest BCUT2D eigenvalue weighted by molar-refractivity contribution is -0.184. The number of rotatable bonds is 4. The molecule has 1 atom stereocenters. The molecule has 1 aromatic rings. The van der Waals surface area contributed by atoms with Gasteiger partial charge in [-0.15, -0.1) is 0 Å². The van der Waals surface area contributed by atoms with E-state index in [1.54, 1.807) is 0 Å². The van der Waals surface area contributed by atoms with Gasteiger partial charge < -0.3 is 5.73 Å².